The topological polar surface area (TPSA) is 20.2 Å². The van der Waals surface area contributed by atoms with Crippen molar-refractivity contribution >= 4 is 27.3 Å². The van der Waals surface area contributed by atoms with Crippen molar-refractivity contribution < 1.29 is 5.11 Å². The van der Waals surface area contributed by atoms with Gasteiger partial charge in [-0.3, -0.25) is 0 Å². The highest BCUT2D eigenvalue weighted by molar-refractivity contribution is 9.10. The molecule has 16 heavy (non-hydrogen) atoms. The molecular formula is C13H13BrOS. The van der Waals surface area contributed by atoms with Gasteiger partial charge < -0.3 is 5.11 Å². The molecule has 0 fully saturated rings. The van der Waals surface area contributed by atoms with Crippen LogP contribution in [0.1, 0.15) is 17.4 Å². The number of aliphatic hydroxyl groups is 1. The second-order valence-corrected chi connectivity index (χ2v) is 5.82. The van der Waals surface area contributed by atoms with Gasteiger partial charge in [-0.05, 0) is 30.0 Å². The van der Waals surface area contributed by atoms with E-state index in [1.54, 1.807) is 11.3 Å². The molecule has 1 aromatic carbocycles. The molecule has 0 aliphatic rings. The average Bonchev–Trinajstić information content (AvgIpc) is 2.75. The van der Waals surface area contributed by atoms with Gasteiger partial charge in [-0.1, -0.05) is 40.2 Å². The monoisotopic (exact) mass is 296 g/mol. The molecule has 1 N–H and O–H groups in total. The largest absolute Gasteiger partial charge is 0.384 e. The van der Waals surface area contributed by atoms with Crippen LogP contribution < -0.4 is 0 Å². The molecule has 0 saturated heterocycles. The van der Waals surface area contributed by atoms with Crippen LogP contribution in [0, 0.1) is 0 Å². The van der Waals surface area contributed by atoms with E-state index >= 15 is 0 Å². The smallest absolute Gasteiger partial charge is 0.1000 e. The van der Waals surface area contributed by atoms with E-state index in [1.807, 2.05) is 48.7 Å². The maximum Gasteiger partial charge on any atom is 0.1000 e. The highest BCUT2D eigenvalue weighted by Crippen LogP contribution is 2.31. The van der Waals surface area contributed by atoms with Crippen molar-refractivity contribution in [1.29, 1.82) is 0 Å². The van der Waals surface area contributed by atoms with Gasteiger partial charge in [0, 0.05) is 15.8 Å². The third kappa shape index (κ3) is 2.54. The number of hydrogen-bond acceptors (Lipinski definition) is 2. The fourth-order valence-corrected chi connectivity index (χ4v) is 2.90. The molecule has 84 valence electrons. The van der Waals surface area contributed by atoms with E-state index in [2.05, 4.69) is 15.9 Å². The zero-order valence-corrected chi connectivity index (χ0v) is 11.4. The molecule has 0 aliphatic carbocycles. The van der Waals surface area contributed by atoms with Crippen molar-refractivity contribution in [3.05, 3.63) is 56.7 Å². The molecule has 2 aromatic rings. The van der Waals surface area contributed by atoms with Gasteiger partial charge in [0.25, 0.3) is 0 Å². The molecule has 0 saturated carbocycles. The molecule has 1 nitrogen and oxygen atoms in total. The summed E-state index contributed by atoms with van der Waals surface area (Å²) in [4.78, 5) is 1.00. The Morgan fingerprint density at radius 3 is 2.62 bits per heavy atom. The number of benzene rings is 1. The highest BCUT2D eigenvalue weighted by atomic mass is 79.9. The van der Waals surface area contributed by atoms with Crippen LogP contribution in [-0.2, 0) is 12.0 Å². The number of thiophene rings is 1. The van der Waals surface area contributed by atoms with Gasteiger partial charge in [-0.15, -0.1) is 11.3 Å². The first-order valence-corrected chi connectivity index (χ1v) is 6.76. The summed E-state index contributed by atoms with van der Waals surface area (Å²) in [6.45, 7) is 1.86. The standard InChI is InChI=1S/C13H13BrOS/c1-13(15,12-7-4-8-16-12)9-10-5-2-3-6-11(10)14/h2-8,15H,9H2,1H3. The Morgan fingerprint density at radius 1 is 1.25 bits per heavy atom. The SMILES string of the molecule is CC(O)(Cc1ccccc1Br)c1cccs1. The van der Waals surface area contributed by atoms with Crippen molar-refractivity contribution in [2.24, 2.45) is 0 Å². The molecule has 2 rings (SSSR count). The molecule has 3 heteroatoms. The molecular weight excluding hydrogens is 284 g/mol. The van der Waals surface area contributed by atoms with Crippen LogP contribution >= 0.6 is 27.3 Å². The molecule has 1 unspecified atom stereocenters. The van der Waals surface area contributed by atoms with Crippen molar-refractivity contribution in [2.75, 3.05) is 0 Å². The normalized spacial score (nSPS) is 14.7. The fraction of sp³-hybridized carbons (Fsp3) is 0.231. The minimum atomic E-state index is -0.794. The Morgan fingerprint density at radius 2 is 2.00 bits per heavy atom. The van der Waals surface area contributed by atoms with Crippen LogP contribution in [0.5, 0.6) is 0 Å². The zero-order chi connectivity index (χ0) is 11.6. The Hall–Kier alpha value is -0.640. The lowest BCUT2D eigenvalue weighted by molar-refractivity contribution is 0.0613. The van der Waals surface area contributed by atoms with Crippen molar-refractivity contribution in [3.8, 4) is 0 Å². The molecule has 0 radical (unpaired) electrons. The Labute approximate surface area is 108 Å². The molecule has 1 heterocycles. The summed E-state index contributed by atoms with van der Waals surface area (Å²) in [5, 5.41) is 12.4. The predicted molar refractivity (Wildman–Crippen MR) is 71.7 cm³/mol. The van der Waals surface area contributed by atoms with E-state index < -0.39 is 5.60 Å². The first kappa shape index (κ1) is 11.8. The van der Waals surface area contributed by atoms with E-state index in [9.17, 15) is 5.11 Å². The van der Waals surface area contributed by atoms with E-state index in [0.29, 0.717) is 6.42 Å². The van der Waals surface area contributed by atoms with Crippen LogP contribution in [0.4, 0.5) is 0 Å². The first-order valence-electron chi connectivity index (χ1n) is 5.09. The van der Waals surface area contributed by atoms with E-state index in [1.165, 1.54) is 0 Å². The molecule has 1 atom stereocenters. The van der Waals surface area contributed by atoms with Gasteiger partial charge >= 0.3 is 0 Å². The minimum absolute atomic E-state index is 0.620. The van der Waals surface area contributed by atoms with Crippen molar-refractivity contribution in [3.63, 3.8) is 0 Å². The van der Waals surface area contributed by atoms with Crippen LogP contribution in [0.2, 0.25) is 0 Å². The fourth-order valence-electron chi connectivity index (χ4n) is 1.68. The summed E-state index contributed by atoms with van der Waals surface area (Å²) < 4.78 is 1.05. The summed E-state index contributed by atoms with van der Waals surface area (Å²) in [7, 11) is 0. The maximum absolute atomic E-state index is 10.4. The Kier molecular flexibility index (Phi) is 3.47. The van der Waals surface area contributed by atoms with Gasteiger partial charge in [-0.25, -0.2) is 0 Å². The summed E-state index contributed by atoms with van der Waals surface area (Å²) in [6.07, 6.45) is 0.620. The van der Waals surface area contributed by atoms with Crippen LogP contribution in [0.15, 0.2) is 46.3 Å². The van der Waals surface area contributed by atoms with Gasteiger partial charge in [0.2, 0.25) is 0 Å². The zero-order valence-electron chi connectivity index (χ0n) is 8.98. The number of hydrogen-bond donors (Lipinski definition) is 1. The summed E-state index contributed by atoms with van der Waals surface area (Å²) >= 11 is 5.09. The second-order valence-electron chi connectivity index (χ2n) is 4.02. The van der Waals surface area contributed by atoms with E-state index in [-0.39, 0.29) is 0 Å². The molecule has 1 aromatic heterocycles. The lowest BCUT2D eigenvalue weighted by Crippen LogP contribution is -2.23. The van der Waals surface area contributed by atoms with Crippen LogP contribution in [-0.4, -0.2) is 5.11 Å². The van der Waals surface area contributed by atoms with E-state index in [0.717, 1.165) is 14.9 Å². The quantitative estimate of drug-likeness (QED) is 0.909. The second kappa shape index (κ2) is 4.70. The number of halogens is 1. The lowest BCUT2D eigenvalue weighted by atomic mass is 9.95. The van der Waals surface area contributed by atoms with Gasteiger partial charge in [0.1, 0.15) is 0 Å². The van der Waals surface area contributed by atoms with Crippen molar-refractivity contribution in [1.82, 2.24) is 0 Å². The van der Waals surface area contributed by atoms with Gasteiger partial charge in [-0.2, -0.15) is 0 Å². The summed E-state index contributed by atoms with van der Waals surface area (Å²) in [5.74, 6) is 0. The molecule has 0 aliphatic heterocycles. The molecule has 0 amide bonds. The first-order chi connectivity index (χ1) is 7.59. The minimum Gasteiger partial charge on any atom is -0.384 e. The summed E-state index contributed by atoms with van der Waals surface area (Å²) in [6, 6.07) is 11.9. The van der Waals surface area contributed by atoms with Crippen LogP contribution in [0.25, 0.3) is 0 Å². The Balaban J connectivity index is 2.25. The Bertz CT molecular complexity index is 463. The molecule has 0 bridgehead atoms. The van der Waals surface area contributed by atoms with Crippen LogP contribution in [0.3, 0.4) is 0 Å². The van der Waals surface area contributed by atoms with E-state index in [4.69, 9.17) is 0 Å². The highest BCUT2D eigenvalue weighted by Gasteiger charge is 2.25. The summed E-state index contributed by atoms with van der Waals surface area (Å²) in [5.41, 5.74) is 0.332. The number of rotatable bonds is 3. The third-order valence-electron chi connectivity index (χ3n) is 2.54. The maximum atomic E-state index is 10.4. The molecule has 0 spiro atoms. The lowest BCUT2D eigenvalue weighted by Gasteiger charge is -2.22. The van der Waals surface area contributed by atoms with Gasteiger partial charge in [0.05, 0.1) is 5.60 Å². The third-order valence-corrected chi connectivity index (χ3v) is 4.44. The average molecular weight is 297 g/mol. The predicted octanol–water partition coefficient (Wildman–Crippen LogP) is 3.96. The van der Waals surface area contributed by atoms with Crippen molar-refractivity contribution in [2.45, 2.75) is 18.9 Å². The van der Waals surface area contributed by atoms with Gasteiger partial charge in [0.15, 0.2) is 0 Å².